The number of halogens is 1. The molecule has 0 saturated carbocycles. The third kappa shape index (κ3) is 5.11. The molecule has 1 aromatic rings. The lowest BCUT2D eigenvalue weighted by atomic mass is 10.2. The monoisotopic (exact) mass is 312 g/mol. The van der Waals surface area contributed by atoms with Crippen molar-refractivity contribution < 1.29 is 14.7 Å². The molecule has 5 nitrogen and oxygen atoms in total. The molecule has 20 heavy (non-hydrogen) atoms. The summed E-state index contributed by atoms with van der Waals surface area (Å²) >= 11 is 7.37. The Morgan fingerprint density at radius 2 is 2.25 bits per heavy atom. The van der Waals surface area contributed by atoms with Gasteiger partial charge >= 0.3 is 5.97 Å². The fourth-order valence-corrected chi connectivity index (χ4v) is 2.82. The molecular weight excluding hydrogens is 300 g/mol. The van der Waals surface area contributed by atoms with E-state index in [1.807, 2.05) is 6.07 Å². The lowest BCUT2D eigenvalue weighted by Gasteiger charge is -2.13. The lowest BCUT2D eigenvalue weighted by Crippen LogP contribution is -2.41. The van der Waals surface area contributed by atoms with Gasteiger partial charge in [-0.15, -0.1) is 0 Å². The van der Waals surface area contributed by atoms with Gasteiger partial charge in [-0.2, -0.15) is 17.0 Å². The molecule has 106 valence electrons. The number of rotatable bonds is 6. The zero-order chi connectivity index (χ0) is 15.1. The van der Waals surface area contributed by atoms with Gasteiger partial charge in [0.05, 0.1) is 11.6 Å². The molecular formula is C13H13ClN2O3S. The molecule has 1 rings (SSSR count). The summed E-state index contributed by atoms with van der Waals surface area (Å²) in [4.78, 5) is 21.8. The van der Waals surface area contributed by atoms with Gasteiger partial charge < -0.3 is 10.4 Å². The third-order valence-electron chi connectivity index (χ3n) is 2.40. The van der Waals surface area contributed by atoms with Crippen LogP contribution in [0.15, 0.2) is 18.2 Å². The molecule has 0 fully saturated rings. The number of carboxylic acids is 1. The second-order valence-corrected chi connectivity index (χ2v) is 5.46. The first kappa shape index (κ1) is 16.3. The van der Waals surface area contributed by atoms with E-state index >= 15 is 0 Å². The standard InChI is InChI=1S/C13H13ClN2O3S/c1-8(17)16-12(13(18)19)7-20-6-10-3-2-9(5-15)4-11(10)14/h2-4,12H,6-7H2,1H3,(H,16,17)(H,18,19). The summed E-state index contributed by atoms with van der Waals surface area (Å²) in [5, 5.41) is 20.5. The molecule has 0 heterocycles. The first-order chi connectivity index (χ1) is 9.43. The Balaban J connectivity index is 2.57. The SMILES string of the molecule is CC(=O)NC(CSCc1ccc(C#N)cc1Cl)C(=O)O. The van der Waals surface area contributed by atoms with Crippen LogP contribution in [0.5, 0.6) is 0 Å². The van der Waals surface area contributed by atoms with E-state index in [1.165, 1.54) is 18.7 Å². The van der Waals surface area contributed by atoms with Crippen LogP contribution >= 0.6 is 23.4 Å². The number of nitriles is 1. The molecule has 0 aliphatic heterocycles. The second-order valence-electron chi connectivity index (χ2n) is 4.02. The normalized spacial score (nSPS) is 11.4. The first-order valence-electron chi connectivity index (χ1n) is 5.70. The number of nitrogens with zero attached hydrogens (tertiary/aromatic N) is 1. The van der Waals surface area contributed by atoms with Gasteiger partial charge in [0.1, 0.15) is 6.04 Å². The Morgan fingerprint density at radius 3 is 2.75 bits per heavy atom. The Labute approximate surface area is 125 Å². The zero-order valence-corrected chi connectivity index (χ0v) is 12.3. The van der Waals surface area contributed by atoms with Crippen molar-refractivity contribution in [2.75, 3.05) is 5.75 Å². The van der Waals surface area contributed by atoms with Gasteiger partial charge in [-0.1, -0.05) is 17.7 Å². The average Bonchev–Trinajstić information content (AvgIpc) is 2.38. The Morgan fingerprint density at radius 1 is 1.55 bits per heavy atom. The Bertz CT molecular complexity index is 557. The van der Waals surface area contributed by atoms with Crippen LogP contribution in [-0.4, -0.2) is 28.8 Å². The number of aliphatic carboxylic acids is 1. The quantitative estimate of drug-likeness (QED) is 0.839. The van der Waals surface area contributed by atoms with E-state index in [1.54, 1.807) is 18.2 Å². The second kappa shape index (κ2) is 7.78. The number of carboxylic acid groups (broad SMARTS) is 1. The van der Waals surface area contributed by atoms with E-state index in [0.717, 1.165) is 5.56 Å². The topological polar surface area (TPSA) is 90.2 Å². The van der Waals surface area contributed by atoms with E-state index in [-0.39, 0.29) is 11.7 Å². The summed E-state index contributed by atoms with van der Waals surface area (Å²) in [5.41, 5.74) is 1.30. The lowest BCUT2D eigenvalue weighted by molar-refractivity contribution is -0.140. The van der Waals surface area contributed by atoms with Gasteiger partial charge in [-0.25, -0.2) is 4.79 Å². The predicted molar refractivity (Wildman–Crippen MR) is 77.6 cm³/mol. The van der Waals surface area contributed by atoms with Gasteiger partial charge in [0.15, 0.2) is 0 Å². The molecule has 0 spiro atoms. The largest absolute Gasteiger partial charge is 0.480 e. The number of hydrogen-bond donors (Lipinski definition) is 2. The molecule has 7 heteroatoms. The number of carbonyl (C=O) groups excluding carboxylic acids is 1. The number of amides is 1. The summed E-state index contributed by atoms with van der Waals surface area (Å²) in [5.74, 6) is -0.702. The highest BCUT2D eigenvalue weighted by Crippen LogP contribution is 2.22. The minimum absolute atomic E-state index is 0.241. The number of nitrogens with one attached hydrogen (secondary N) is 1. The molecule has 0 radical (unpaired) electrons. The van der Waals surface area contributed by atoms with Crippen molar-refractivity contribution in [2.24, 2.45) is 0 Å². The molecule has 0 aliphatic carbocycles. The maximum Gasteiger partial charge on any atom is 0.327 e. The molecule has 0 aliphatic rings. The Kier molecular flexibility index (Phi) is 6.36. The highest BCUT2D eigenvalue weighted by atomic mass is 35.5. The molecule has 1 unspecified atom stereocenters. The van der Waals surface area contributed by atoms with Crippen LogP contribution in [0.25, 0.3) is 0 Å². The van der Waals surface area contributed by atoms with Crippen molar-refractivity contribution in [1.82, 2.24) is 5.32 Å². The summed E-state index contributed by atoms with van der Waals surface area (Å²) in [6.45, 7) is 1.28. The van der Waals surface area contributed by atoms with Crippen molar-refractivity contribution in [3.63, 3.8) is 0 Å². The van der Waals surface area contributed by atoms with Crippen LogP contribution in [0.1, 0.15) is 18.1 Å². The van der Waals surface area contributed by atoms with Crippen molar-refractivity contribution in [2.45, 2.75) is 18.7 Å². The zero-order valence-electron chi connectivity index (χ0n) is 10.7. The van der Waals surface area contributed by atoms with Gasteiger partial charge in [0, 0.05) is 23.5 Å². The number of hydrogen-bond acceptors (Lipinski definition) is 4. The molecule has 1 aromatic carbocycles. The fourth-order valence-electron chi connectivity index (χ4n) is 1.44. The third-order valence-corrected chi connectivity index (χ3v) is 3.84. The molecule has 0 bridgehead atoms. The van der Waals surface area contributed by atoms with Gasteiger partial charge in [0.2, 0.25) is 5.91 Å². The van der Waals surface area contributed by atoms with Crippen LogP contribution < -0.4 is 5.32 Å². The number of thioether (sulfide) groups is 1. The number of benzene rings is 1. The van der Waals surface area contributed by atoms with Crippen LogP contribution in [0.2, 0.25) is 5.02 Å². The summed E-state index contributed by atoms with van der Waals surface area (Å²) in [6, 6.07) is 6.03. The molecule has 0 saturated heterocycles. The molecule has 1 amide bonds. The first-order valence-corrected chi connectivity index (χ1v) is 7.23. The average molecular weight is 313 g/mol. The van der Waals surface area contributed by atoms with Crippen molar-refractivity contribution >= 4 is 35.2 Å². The van der Waals surface area contributed by atoms with Crippen LogP contribution in [-0.2, 0) is 15.3 Å². The highest BCUT2D eigenvalue weighted by molar-refractivity contribution is 7.98. The van der Waals surface area contributed by atoms with Gasteiger partial charge in [-0.3, -0.25) is 4.79 Å². The number of carbonyl (C=O) groups is 2. The summed E-state index contributed by atoms with van der Waals surface area (Å²) in [7, 11) is 0. The van der Waals surface area contributed by atoms with Crippen LogP contribution in [0, 0.1) is 11.3 Å². The smallest absolute Gasteiger partial charge is 0.327 e. The fraction of sp³-hybridized carbons (Fsp3) is 0.308. The van der Waals surface area contributed by atoms with Crippen LogP contribution in [0.4, 0.5) is 0 Å². The predicted octanol–water partition coefficient (Wildman–Crippen LogP) is 2.03. The van der Waals surface area contributed by atoms with Crippen molar-refractivity contribution in [3.05, 3.63) is 34.3 Å². The van der Waals surface area contributed by atoms with E-state index in [9.17, 15) is 9.59 Å². The van der Waals surface area contributed by atoms with E-state index in [2.05, 4.69) is 5.32 Å². The van der Waals surface area contributed by atoms with Crippen LogP contribution in [0.3, 0.4) is 0 Å². The van der Waals surface area contributed by atoms with Crippen molar-refractivity contribution in [1.29, 1.82) is 5.26 Å². The summed E-state index contributed by atoms with van der Waals surface area (Å²) < 4.78 is 0. The minimum atomic E-state index is -1.07. The maximum absolute atomic E-state index is 10.9. The highest BCUT2D eigenvalue weighted by Gasteiger charge is 2.18. The van der Waals surface area contributed by atoms with E-state index in [0.29, 0.717) is 16.3 Å². The molecule has 1 atom stereocenters. The Hall–Kier alpha value is -1.71. The minimum Gasteiger partial charge on any atom is -0.480 e. The molecule has 0 aromatic heterocycles. The van der Waals surface area contributed by atoms with Crippen molar-refractivity contribution in [3.8, 4) is 6.07 Å². The molecule has 2 N–H and O–H groups in total. The van der Waals surface area contributed by atoms with E-state index in [4.69, 9.17) is 22.0 Å². The van der Waals surface area contributed by atoms with Gasteiger partial charge in [0.25, 0.3) is 0 Å². The van der Waals surface area contributed by atoms with E-state index < -0.39 is 12.0 Å². The maximum atomic E-state index is 10.9. The summed E-state index contributed by atoms with van der Waals surface area (Å²) in [6.07, 6.45) is 0. The van der Waals surface area contributed by atoms with Gasteiger partial charge in [-0.05, 0) is 17.7 Å².